The number of benzene rings is 2. The van der Waals surface area contributed by atoms with E-state index in [1.54, 1.807) is 0 Å². The number of ketones is 1. The average molecular weight is 418 g/mol. The number of esters is 1. The lowest BCUT2D eigenvalue weighted by atomic mass is 9.86. The SMILES string of the molecule is COc1ccc(C(=O)O[C@](C(=O)O)(C(=O)c2ccc(OC)cc2)[C@H](O)C(=O)O)cc1. The molecule has 2 aromatic carbocycles. The van der Waals surface area contributed by atoms with Gasteiger partial charge in [0.1, 0.15) is 11.5 Å². The normalized spacial score (nSPS) is 13.4. The minimum atomic E-state index is -3.43. The van der Waals surface area contributed by atoms with Gasteiger partial charge in [-0.2, -0.15) is 0 Å². The molecule has 0 aromatic heterocycles. The zero-order valence-corrected chi connectivity index (χ0v) is 15.9. The number of aliphatic hydroxyl groups is 1. The standard InChI is InChI=1S/C20H18O10/c1-28-13-7-3-11(4-8-13)15(21)20(19(26)27,16(22)17(23)24)30-18(25)12-5-9-14(29-2)10-6-12/h3-10,16,22H,1-2H3,(H,23,24)(H,26,27)/t16-,20-/m1/s1. The number of Topliss-reactive ketones (excluding diaryl/α,β-unsaturated/α-hetero) is 1. The zero-order valence-electron chi connectivity index (χ0n) is 15.9. The van der Waals surface area contributed by atoms with Gasteiger partial charge in [0, 0.05) is 5.56 Å². The fraction of sp³-hybridized carbons (Fsp3) is 0.200. The van der Waals surface area contributed by atoms with Gasteiger partial charge in [0.25, 0.3) is 0 Å². The molecular formula is C20H18O10. The fourth-order valence-electron chi connectivity index (χ4n) is 2.55. The van der Waals surface area contributed by atoms with E-state index < -0.39 is 35.4 Å². The van der Waals surface area contributed by atoms with Gasteiger partial charge >= 0.3 is 23.5 Å². The molecule has 3 N–H and O–H groups in total. The average Bonchev–Trinajstić information content (AvgIpc) is 2.76. The van der Waals surface area contributed by atoms with Crippen molar-refractivity contribution in [3.63, 3.8) is 0 Å². The van der Waals surface area contributed by atoms with Crippen LogP contribution in [0.3, 0.4) is 0 Å². The number of aliphatic hydroxyl groups excluding tert-OH is 1. The van der Waals surface area contributed by atoms with Gasteiger partial charge in [-0.25, -0.2) is 14.4 Å². The maximum absolute atomic E-state index is 13.0. The second-order valence-corrected chi connectivity index (χ2v) is 5.96. The first-order valence-electron chi connectivity index (χ1n) is 8.37. The molecule has 0 saturated heterocycles. The Bertz CT molecular complexity index is 949. The van der Waals surface area contributed by atoms with Gasteiger partial charge in [0.15, 0.2) is 0 Å². The van der Waals surface area contributed by atoms with Crippen molar-refractivity contribution < 1.29 is 48.7 Å². The number of carboxylic acids is 2. The second kappa shape index (κ2) is 9.05. The third kappa shape index (κ3) is 4.23. The fourth-order valence-corrected chi connectivity index (χ4v) is 2.55. The quantitative estimate of drug-likeness (QED) is 0.305. The largest absolute Gasteiger partial charge is 0.497 e. The Morgan fingerprint density at radius 1 is 0.800 bits per heavy atom. The van der Waals surface area contributed by atoms with E-state index in [0.717, 1.165) is 12.1 Å². The summed E-state index contributed by atoms with van der Waals surface area (Å²) in [6.07, 6.45) is -2.88. The molecule has 0 radical (unpaired) electrons. The third-order valence-corrected chi connectivity index (χ3v) is 4.21. The minimum absolute atomic E-state index is 0.193. The van der Waals surface area contributed by atoms with Gasteiger partial charge in [0.2, 0.25) is 11.9 Å². The van der Waals surface area contributed by atoms with Crippen molar-refractivity contribution in [2.75, 3.05) is 14.2 Å². The van der Waals surface area contributed by atoms with E-state index in [0.29, 0.717) is 11.5 Å². The summed E-state index contributed by atoms with van der Waals surface area (Å²) < 4.78 is 14.8. The Kier molecular flexibility index (Phi) is 6.75. The molecule has 10 heteroatoms. The number of methoxy groups -OCH3 is 2. The van der Waals surface area contributed by atoms with Crippen LogP contribution in [0.25, 0.3) is 0 Å². The Balaban J connectivity index is 2.53. The Morgan fingerprint density at radius 3 is 1.60 bits per heavy atom. The number of carbonyl (C=O) groups excluding carboxylic acids is 2. The summed E-state index contributed by atoms with van der Waals surface area (Å²) in [5, 5.41) is 29.0. The van der Waals surface area contributed by atoms with Crippen molar-refractivity contribution >= 4 is 23.7 Å². The number of carboxylic acid groups (broad SMARTS) is 2. The van der Waals surface area contributed by atoms with Crippen LogP contribution in [0.15, 0.2) is 48.5 Å². The first-order valence-corrected chi connectivity index (χ1v) is 8.37. The van der Waals surface area contributed by atoms with E-state index in [1.807, 2.05) is 0 Å². The first kappa shape index (κ1) is 22.4. The Morgan fingerprint density at radius 2 is 1.23 bits per heavy atom. The predicted molar refractivity (Wildman–Crippen MR) is 99.7 cm³/mol. The second-order valence-electron chi connectivity index (χ2n) is 5.96. The molecule has 0 heterocycles. The van der Waals surface area contributed by atoms with E-state index in [9.17, 15) is 34.5 Å². The van der Waals surface area contributed by atoms with Gasteiger partial charge in [-0.1, -0.05) is 0 Å². The number of carbonyl (C=O) groups is 4. The van der Waals surface area contributed by atoms with E-state index >= 15 is 0 Å². The summed E-state index contributed by atoms with van der Waals surface area (Å²) in [5.41, 5.74) is -3.94. The lowest BCUT2D eigenvalue weighted by molar-refractivity contribution is -0.176. The van der Waals surface area contributed by atoms with Crippen LogP contribution in [0, 0.1) is 0 Å². The molecule has 0 aliphatic heterocycles. The van der Waals surface area contributed by atoms with Crippen LogP contribution in [0.5, 0.6) is 11.5 Å². The van der Waals surface area contributed by atoms with Crippen LogP contribution >= 0.6 is 0 Å². The summed E-state index contributed by atoms with van der Waals surface area (Å²) in [7, 11) is 2.75. The van der Waals surface area contributed by atoms with E-state index in [2.05, 4.69) is 0 Å². The molecule has 0 bridgehead atoms. The van der Waals surface area contributed by atoms with Gasteiger partial charge in [-0.15, -0.1) is 0 Å². The lowest BCUT2D eigenvalue weighted by Crippen LogP contribution is -2.61. The maximum atomic E-state index is 13.0. The minimum Gasteiger partial charge on any atom is -0.497 e. The van der Waals surface area contributed by atoms with Crippen LogP contribution in [0.4, 0.5) is 0 Å². The predicted octanol–water partition coefficient (Wildman–Crippen LogP) is 1.01. The highest BCUT2D eigenvalue weighted by Crippen LogP contribution is 2.27. The highest BCUT2D eigenvalue weighted by Gasteiger charge is 2.59. The molecular weight excluding hydrogens is 400 g/mol. The molecule has 2 rings (SSSR count). The van der Waals surface area contributed by atoms with Gasteiger partial charge in [-0.3, -0.25) is 4.79 Å². The monoisotopic (exact) mass is 418 g/mol. The Hall–Kier alpha value is -3.92. The zero-order chi connectivity index (χ0) is 22.5. The molecule has 0 aliphatic carbocycles. The lowest BCUT2D eigenvalue weighted by Gasteiger charge is -2.30. The topological polar surface area (TPSA) is 157 Å². The number of rotatable bonds is 9. The molecule has 2 aromatic rings. The smallest absolute Gasteiger partial charge is 0.360 e. The van der Waals surface area contributed by atoms with E-state index in [-0.39, 0.29) is 11.1 Å². The van der Waals surface area contributed by atoms with Crippen molar-refractivity contribution in [3.05, 3.63) is 59.7 Å². The van der Waals surface area contributed by atoms with Crippen molar-refractivity contribution in [2.45, 2.75) is 11.7 Å². The van der Waals surface area contributed by atoms with Crippen molar-refractivity contribution in [1.82, 2.24) is 0 Å². The van der Waals surface area contributed by atoms with Gasteiger partial charge in [-0.05, 0) is 48.5 Å². The number of ether oxygens (including phenoxy) is 3. The van der Waals surface area contributed by atoms with Crippen molar-refractivity contribution in [3.8, 4) is 11.5 Å². The summed E-state index contributed by atoms with van der Waals surface area (Å²) in [6, 6.07) is 10.1. The summed E-state index contributed by atoms with van der Waals surface area (Å²) >= 11 is 0. The van der Waals surface area contributed by atoms with Crippen LogP contribution in [0.2, 0.25) is 0 Å². The molecule has 0 aliphatic rings. The molecule has 0 fully saturated rings. The molecule has 0 amide bonds. The third-order valence-electron chi connectivity index (χ3n) is 4.21. The highest BCUT2D eigenvalue weighted by atomic mass is 16.6. The van der Waals surface area contributed by atoms with Crippen molar-refractivity contribution in [2.24, 2.45) is 0 Å². The molecule has 2 atom stereocenters. The number of hydrogen-bond donors (Lipinski definition) is 3. The van der Waals surface area contributed by atoms with Crippen LogP contribution in [-0.4, -0.2) is 64.9 Å². The summed E-state index contributed by atoms with van der Waals surface area (Å²) in [4.78, 5) is 48.9. The molecule has 0 saturated carbocycles. The van der Waals surface area contributed by atoms with Crippen LogP contribution < -0.4 is 9.47 Å². The van der Waals surface area contributed by atoms with Crippen LogP contribution in [-0.2, 0) is 14.3 Å². The van der Waals surface area contributed by atoms with E-state index in [4.69, 9.17) is 14.2 Å². The molecule has 158 valence electrons. The number of aliphatic carboxylic acids is 2. The first-order chi connectivity index (χ1) is 14.2. The van der Waals surface area contributed by atoms with Gasteiger partial charge in [0.05, 0.1) is 19.8 Å². The van der Waals surface area contributed by atoms with E-state index in [1.165, 1.54) is 50.6 Å². The molecule has 10 nitrogen and oxygen atoms in total. The molecule has 0 spiro atoms. The number of hydrogen-bond acceptors (Lipinski definition) is 8. The molecule has 30 heavy (non-hydrogen) atoms. The maximum Gasteiger partial charge on any atom is 0.360 e. The van der Waals surface area contributed by atoms with Gasteiger partial charge < -0.3 is 29.5 Å². The highest BCUT2D eigenvalue weighted by molar-refractivity contribution is 6.19. The molecule has 0 unspecified atom stereocenters. The summed E-state index contributed by atoms with van der Waals surface area (Å²) in [6.45, 7) is 0. The Labute approximate surface area is 170 Å². The van der Waals surface area contributed by atoms with Crippen LogP contribution in [0.1, 0.15) is 20.7 Å². The van der Waals surface area contributed by atoms with Crippen molar-refractivity contribution in [1.29, 1.82) is 0 Å². The summed E-state index contributed by atoms with van der Waals surface area (Å²) in [5.74, 6) is -6.27.